The first kappa shape index (κ1) is 14.0. The minimum Gasteiger partial charge on any atom is -0.409 e. The Bertz CT molecular complexity index is 411. The molecule has 0 fully saturated rings. The molecule has 1 aromatic heterocycles. The molecule has 1 aromatic rings. The maximum atomic E-state index is 11.8. The summed E-state index contributed by atoms with van der Waals surface area (Å²) in [5.74, 6) is -0.370. The third kappa shape index (κ3) is 3.47. The van der Waals surface area contributed by atoms with E-state index in [0.717, 1.165) is 13.0 Å². The van der Waals surface area contributed by atoms with E-state index in [-0.39, 0.29) is 11.7 Å². The molecule has 7 nitrogen and oxygen atoms in total. The first-order valence-electron chi connectivity index (χ1n) is 5.72. The number of carbonyl (C=O) groups is 1. The number of aromatic nitrogens is 2. The molecule has 0 atom stereocenters. The number of hydrogen-bond acceptors (Lipinski definition) is 4. The van der Waals surface area contributed by atoms with Crippen LogP contribution in [0, 0.1) is 5.41 Å². The van der Waals surface area contributed by atoms with Crippen molar-refractivity contribution in [2.75, 3.05) is 6.54 Å². The van der Waals surface area contributed by atoms with E-state index < -0.39 is 5.41 Å². The molecule has 1 amide bonds. The van der Waals surface area contributed by atoms with Crippen molar-refractivity contribution in [1.82, 2.24) is 15.1 Å². The molecule has 4 N–H and O–H groups in total. The second-order valence-corrected chi connectivity index (χ2v) is 4.49. The summed E-state index contributed by atoms with van der Waals surface area (Å²) in [5, 5.41) is 18.3. The van der Waals surface area contributed by atoms with E-state index in [2.05, 4.69) is 15.6 Å². The Hall–Kier alpha value is -2.05. The molecule has 0 bridgehead atoms. The first-order valence-corrected chi connectivity index (χ1v) is 5.72. The van der Waals surface area contributed by atoms with E-state index in [9.17, 15) is 4.79 Å². The molecule has 0 radical (unpaired) electrons. The third-order valence-electron chi connectivity index (χ3n) is 2.72. The largest absolute Gasteiger partial charge is 0.409 e. The topological polar surface area (TPSA) is 106 Å². The molecule has 0 spiro atoms. The van der Waals surface area contributed by atoms with Crippen LogP contribution in [0.25, 0.3) is 0 Å². The zero-order chi connectivity index (χ0) is 13.6. The highest BCUT2D eigenvalue weighted by molar-refractivity contribution is 6.05. The Balaban J connectivity index is 2.33. The van der Waals surface area contributed by atoms with Gasteiger partial charge in [-0.05, 0) is 26.3 Å². The number of amidine groups is 1. The summed E-state index contributed by atoms with van der Waals surface area (Å²) in [6, 6.07) is 1.85. The number of nitrogens with one attached hydrogen (secondary N) is 1. The summed E-state index contributed by atoms with van der Waals surface area (Å²) < 4.78 is 1.79. The Morgan fingerprint density at radius 3 is 2.89 bits per heavy atom. The molecular weight excluding hydrogens is 234 g/mol. The van der Waals surface area contributed by atoms with Crippen molar-refractivity contribution in [1.29, 1.82) is 0 Å². The maximum Gasteiger partial charge on any atom is 0.233 e. The lowest BCUT2D eigenvalue weighted by Crippen LogP contribution is -2.46. The van der Waals surface area contributed by atoms with Crippen LogP contribution in [-0.4, -0.2) is 33.3 Å². The predicted octanol–water partition coefficient (Wildman–Crippen LogP) is 0.162. The molecule has 0 aliphatic heterocycles. The number of amides is 1. The highest BCUT2D eigenvalue weighted by Crippen LogP contribution is 2.14. The summed E-state index contributed by atoms with van der Waals surface area (Å²) in [6.07, 6.45) is 4.34. The number of nitrogens with zero attached hydrogens (tertiary/aromatic N) is 3. The number of nitrogens with two attached hydrogens (primary N) is 1. The van der Waals surface area contributed by atoms with Crippen molar-refractivity contribution in [3.63, 3.8) is 0 Å². The smallest absolute Gasteiger partial charge is 0.233 e. The van der Waals surface area contributed by atoms with Crippen LogP contribution in [0.15, 0.2) is 23.6 Å². The Kier molecular flexibility index (Phi) is 4.70. The van der Waals surface area contributed by atoms with Crippen LogP contribution in [0.3, 0.4) is 0 Å². The lowest BCUT2D eigenvalue weighted by molar-refractivity contribution is -0.126. The van der Waals surface area contributed by atoms with Crippen molar-refractivity contribution in [3.05, 3.63) is 18.5 Å². The molecule has 0 saturated heterocycles. The fourth-order valence-electron chi connectivity index (χ4n) is 1.34. The fraction of sp³-hybridized carbons (Fsp3) is 0.545. The molecule has 18 heavy (non-hydrogen) atoms. The van der Waals surface area contributed by atoms with Gasteiger partial charge in [0.2, 0.25) is 5.91 Å². The highest BCUT2D eigenvalue weighted by Gasteiger charge is 2.32. The Morgan fingerprint density at radius 2 is 2.33 bits per heavy atom. The normalized spacial score (nSPS) is 12.4. The van der Waals surface area contributed by atoms with E-state index in [1.165, 1.54) is 0 Å². The molecule has 1 heterocycles. The van der Waals surface area contributed by atoms with Crippen molar-refractivity contribution in [2.24, 2.45) is 16.3 Å². The van der Waals surface area contributed by atoms with E-state index in [4.69, 9.17) is 10.9 Å². The maximum absolute atomic E-state index is 11.8. The van der Waals surface area contributed by atoms with Gasteiger partial charge < -0.3 is 16.3 Å². The molecule has 0 aliphatic rings. The summed E-state index contributed by atoms with van der Waals surface area (Å²) in [5.41, 5.74) is 4.44. The first-order chi connectivity index (χ1) is 8.48. The number of oxime groups is 1. The van der Waals surface area contributed by atoms with E-state index in [0.29, 0.717) is 6.54 Å². The third-order valence-corrected chi connectivity index (χ3v) is 2.72. The molecule has 0 aliphatic carbocycles. The van der Waals surface area contributed by atoms with Gasteiger partial charge in [0.25, 0.3) is 0 Å². The van der Waals surface area contributed by atoms with Crippen LogP contribution in [0.4, 0.5) is 0 Å². The average Bonchev–Trinajstić information content (AvgIpc) is 2.86. The van der Waals surface area contributed by atoms with Gasteiger partial charge in [-0.1, -0.05) is 5.16 Å². The number of carbonyl (C=O) groups excluding carboxylic acids is 1. The predicted molar refractivity (Wildman–Crippen MR) is 67.0 cm³/mol. The van der Waals surface area contributed by atoms with Gasteiger partial charge in [-0.2, -0.15) is 5.10 Å². The zero-order valence-corrected chi connectivity index (χ0v) is 10.6. The molecule has 0 saturated carbocycles. The second-order valence-electron chi connectivity index (χ2n) is 4.49. The van der Waals surface area contributed by atoms with Gasteiger partial charge >= 0.3 is 0 Å². The second kappa shape index (κ2) is 6.04. The molecule has 1 rings (SSSR count). The molecule has 7 heteroatoms. The van der Waals surface area contributed by atoms with Crippen LogP contribution < -0.4 is 11.1 Å². The van der Waals surface area contributed by atoms with Crippen molar-refractivity contribution in [3.8, 4) is 0 Å². The summed E-state index contributed by atoms with van der Waals surface area (Å²) in [4.78, 5) is 11.8. The van der Waals surface area contributed by atoms with Crippen LogP contribution >= 0.6 is 0 Å². The van der Waals surface area contributed by atoms with Gasteiger partial charge in [-0.15, -0.1) is 0 Å². The van der Waals surface area contributed by atoms with Gasteiger partial charge in [-0.25, -0.2) is 0 Å². The molecule has 100 valence electrons. The van der Waals surface area contributed by atoms with Crippen LogP contribution in [-0.2, 0) is 11.3 Å². The summed E-state index contributed by atoms with van der Waals surface area (Å²) >= 11 is 0. The fourth-order valence-corrected chi connectivity index (χ4v) is 1.34. The number of hydrogen-bond donors (Lipinski definition) is 3. The highest BCUT2D eigenvalue weighted by atomic mass is 16.4. The van der Waals surface area contributed by atoms with Crippen molar-refractivity contribution < 1.29 is 10.0 Å². The van der Waals surface area contributed by atoms with Crippen LogP contribution in [0.2, 0.25) is 0 Å². The SMILES string of the molecule is CC(C)(C(=O)NCCCn1cccn1)/C(N)=N/O. The minimum atomic E-state index is -1.01. The van der Waals surface area contributed by atoms with E-state index >= 15 is 0 Å². The number of rotatable bonds is 6. The van der Waals surface area contributed by atoms with Gasteiger partial charge in [0.1, 0.15) is 5.41 Å². The molecule has 0 aromatic carbocycles. The van der Waals surface area contributed by atoms with Gasteiger partial charge in [0, 0.05) is 25.5 Å². The lowest BCUT2D eigenvalue weighted by Gasteiger charge is -2.21. The molecule has 0 unspecified atom stereocenters. The van der Waals surface area contributed by atoms with Crippen molar-refractivity contribution in [2.45, 2.75) is 26.8 Å². The Morgan fingerprint density at radius 1 is 1.61 bits per heavy atom. The van der Waals surface area contributed by atoms with E-state index in [1.54, 1.807) is 24.7 Å². The average molecular weight is 253 g/mol. The monoisotopic (exact) mass is 253 g/mol. The lowest BCUT2D eigenvalue weighted by atomic mass is 9.91. The van der Waals surface area contributed by atoms with Crippen LogP contribution in [0.5, 0.6) is 0 Å². The van der Waals surface area contributed by atoms with Gasteiger partial charge in [0.15, 0.2) is 5.84 Å². The summed E-state index contributed by atoms with van der Waals surface area (Å²) in [7, 11) is 0. The number of aryl methyl sites for hydroxylation is 1. The standard InChI is InChI=1S/C11H19N5O2/c1-11(2,9(12)15-18)10(17)13-5-3-7-16-8-4-6-14-16/h4,6,8,18H,3,5,7H2,1-2H3,(H2,12,15)(H,13,17). The summed E-state index contributed by atoms with van der Waals surface area (Å²) in [6.45, 7) is 4.45. The van der Waals surface area contributed by atoms with Gasteiger partial charge in [-0.3, -0.25) is 9.48 Å². The quantitative estimate of drug-likeness (QED) is 0.221. The molecular formula is C11H19N5O2. The van der Waals surface area contributed by atoms with Gasteiger partial charge in [0.05, 0.1) is 0 Å². The zero-order valence-electron chi connectivity index (χ0n) is 10.6. The van der Waals surface area contributed by atoms with Crippen molar-refractivity contribution >= 4 is 11.7 Å². The minimum absolute atomic E-state index is 0.105. The van der Waals surface area contributed by atoms with Crippen LogP contribution in [0.1, 0.15) is 20.3 Å². The van der Waals surface area contributed by atoms with E-state index in [1.807, 2.05) is 12.3 Å². The Labute approximate surface area is 106 Å².